The maximum atomic E-state index is 12.0. The standard InChI is InChI=1S/C16H14Cl2O3/c1-3-20-12-6-4-11(5-7-12)16(19)21-13-8-14(17)10(2)15(18)9-13/h4-9H,3H2,1-2H3. The van der Waals surface area contributed by atoms with E-state index in [2.05, 4.69) is 0 Å². The molecular weight excluding hydrogens is 311 g/mol. The summed E-state index contributed by atoms with van der Waals surface area (Å²) in [6.45, 7) is 4.26. The minimum Gasteiger partial charge on any atom is -0.494 e. The first-order chi connectivity index (χ1) is 10.0. The highest BCUT2D eigenvalue weighted by Crippen LogP contribution is 2.29. The van der Waals surface area contributed by atoms with Crippen molar-refractivity contribution in [3.8, 4) is 11.5 Å². The van der Waals surface area contributed by atoms with Gasteiger partial charge in [0.1, 0.15) is 11.5 Å². The van der Waals surface area contributed by atoms with E-state index in [1.807, 2.05) is 6.92 Å². The molecule has 2 aromatic carbocycles. The summed E-state index contributed by atoms with van der Waals surface area (Å²) in [6.07, 6.45) is 0. The molecule has 110 valence electrons. The Balaban J connectivity index is 2.14. The first kappa shape index (κ1) is 15.7. The summed E-state index contributed by atoms with van der Waals surface area (Å²) in [5, 5.41) is 0.911. The molecule has 2 aromatic rings. The lowest BCUT2D eigenvalue weighted by Gasteiger charge is -2.08. The Kier molecular flexibility index (Phi) is 5.10. The summed E-state index contributed by atoms with van der Waals surface area (Å²) in [4.78, 5) is 12.0. The van der Waals surface area contributed by atoms with Gasteiger partial charge in [-0.1, -0.05) is 23.2 Å². The van der Waals surface area contributed by atoms with E-state index in [0.29, 0.717) is 33.7 Å². The van der Waals surface area contributed by atoms with Crippen molar-refractivity contribution in [2.45, 2.75) is 13.8 Å². The van der Waals surface area contributed by atoms with Gasteiger partial charge in [0.05, 0.1) is 12.2 Å². The van der Waals surface area contributed by atoms with Crippen LogP contribution in [0.25, 0.3) is 0 Å². The lowest BCUT2D eigenvalue weighted by atomic mass is 10.2. The Bertz CT molecular complexity index is 628. The molecule has 0 heterocycles. The van der Waals surface area contributed by atoms with E-state index in [0.717, 1.165) is 5.56 Å². The van der Waals surface area contributed by atoms with Crippen LogP contribution in [0.3, 0.4) is 0 Å². The van der Waals surface area contributed by atoms with Crippen LogP contribution < -0.4 is 9.47 Å². The summed E-state index contributed by atoms with van der Waals surface area (Å²) >= 11 is 12.0. The number of carbonyl (C=O) groups is 1. The molecule has 21 heavy (non-hydrogen) atoms. The molecule has 0 saturated heterocycles. The molecule has 0 aliphatic heterocycles. The highest BCUT2D eigenvalue weighted by Gasteiger charge is 2.11. The van der Waals surface area contributed by atoms with Gasteiger partial charge in [-0.15, -0.1) is 0 Å². The van der Waals surface area contributed by atoms with E-state index in [9.17, 15) is 4.79 Å². The summed E-state index contributed by atoms with van der Waals surface area (Å²) in [6, 6.07) is 9.85. The zero-order valence-electron chi connectivity index (χ0n) is 11.7. The first-order valence-corrected chi connectivity index (χ1v) is 7.17. The molecule has 5 heteroatoms. The average Bonchev–Trinajstić information content (AvgIpc) is 2.45. The Labute approximate surface area is 133 Å². The van der Waals surface area contributed by atoms with Crippen LogP contribution >= 0.6 is 23.2 Å². The van der Waals surface area contributed by atoms with Crippen molar-refractivity contribution in [3.05, 3.63) is 57.6 Å². The van der Waals surface area contributed by atoms with Gasteiger partial charge in [0, 0.05) is 10.0 Å². The van der Waals surface area contributed by atoms with E-state index in [1.165, 1.54) is 0 Å². The quantitative estimate of drug-likeness (QED) is 0.591. The fourth-order valence-electron chi connectivity index (χ4n) is 1.70. The summed E-state index contributed by atoms with van der Waals surface area (Å²) in [7, 11) is 0. The van der Waals surface area contributed by atoms with Crippen molar-refractivity contribution >= 4 is 29.2 Å². The Morgan fingerprint density at radius 1 is 1.05 bits per heavy atom. The minimum atomic E-state index is -0.478. The molecular formula is C16H14Cl2O3. The van der Waals surface area contributed by atoms with Crippen molar-refractivity contribution in [2.24, 2.45) is 0 Å². The fraction of sp³-hybridized carbons (Fsp3) is 0.188. The molecule has 0 fully saturated rings. The van der Waals surface area contributed by atoms with E-state index >= 15 is 0 Å². The molecule has 0 aliphatic carbocycles. The zero-order valence-corrected chi connectivity index (χ0v) is 13.2. The van der Waals surface area contributed by atoms with Crippen molar-refractivity contribution in [2.75, 3.05) is 6.61 Å². The van der Waals surface area contributed by atoms with Crippen LogP contribution in [0, 0.1) is 6.92 Å². The average molecular weight is 325 g/mol. The molecule has 0 spiro atoms. The minimum absolute atomic E-state index is 0.314. The van der Waals surface area contributed by atoms with Gasteiger partial charge in [0.15, 0.2) is 0 Å². The lowest BCUT2D eigenvalue weighted by Crippen LogP contribution is -2.08. The van der Waals surface area contributed by atoms with E-state index < -0.39 is 5.97 Å². The van der Waals surface area contributed by atoms with Gasteiger partial charge in [0.2, 0.25) is 0 Å². The molecule has 0 radical (unpaired) electrons. The second-order valence-electron chi connectivity index (χ2n) is 4.36. The summed E-state index contributed by atoms with van der Waals surface area (Å²) in [5.74, 6) is 0.541. The summed E-state index contributed by atoms with van der Waals surface area (Å²) < 4.78 is 10.6. The zero-order chi connectivity index (χ0) is 15.4. The van der Waals surface area contributed by atoms with E-state index in [-0.39, 0.29) is 0 Å². The van der Waals surface area contributed by atoms with Gasteiger partial charge in [-0.05, 0) is 55.8 Å². The number of benzene rings is 2. The van der Waals surface area contributed by atoms with Crippen LogP contribution in [0.15, 0.2) is 36.4 Å². The Morgan fingerprint density at radius 2 is 1.62 bits per heavy atom. The van der Waals surface area contributed by atoms with Crippen molar-refractivity contribution in [1.29, 1.82) is 0 Å². The third-order valence-electron chi connectivity index (χ3n) is 2.87. The van der Waals surface area contributed by atoms with Crippen LogP contribution in [0.4, 0.5) is 0 Å². The largest absolute Gasteiger partial charge is 0.494 e. The third-order valence-corrected chi connectivity index (χ3v) is 3.65. The maximum absolute atomic E-state index is 12.0. The molecule has 2 rings (SSSR count). The molecule has 0 aromatic heterocycles. The Hall–Kier alpha value is -1.71. The molecule has 0 bridgehead atoms. The molecule has 0 saturated carbocycles. The molecule has 0 atom stereocenters. The SMILES string of the molecule is CCOc1ccc(C(=O)Oc2cc(Cl)c(C)c(Cl)c2)cc1. The van der Waals surface area contributed by atoms with Crippen molar-refractivity contribution < 1.29 is 14.3 Å². The van der Waals surface area contributed by atoms with Crippen LogP contribution in [0.1, 0.15) is 22.8 Å². The van der Waals surface area contributed by atoms with Crippen molar-refractivity contribution in [3.63, 3.8) is 0 Å². The highest BCUT2D eigenvalue weighted by atomic mass is 35.5. The van der Waals surface area contributed by atoms with Crippen LogP contribution in [0.2, 0.25) is 10.0 Å². The molecule has 0 amide bonds. The smallest absolute Gasteiger partial charge is 0.343 e. The number of hydrogen-bond donors (Lipinski definition) is 0. The van der Waals surface area contributed by atoms with Gasteiger partial charge in [0.25, 0.3) is 0 Å². The monoisotopic (exact) mass is 324 g/mol. The fourth-order valence-corrected chi connectivity index (χ4v) is 2.17. The summed E-state index contributed by atoms with van der Waals surface area (Å²) in [5.41, 5.74) is 1.17. The lowest BCUT2D eigenvalue weighted by molar-refractivity contribution is 0.0735. The third kappa shape index (κ3) is 3.90. The number of halogens is 2. The predicted octanol–water partition coefficient (Wildman–Crippen LogP) is 4.92. The van der Waals surface area contributed by atoms with Crippen molar-refractivity contribution in [1.82, 2.24) is 0 Å². The van der Waals surface area contributed by atoms with Gasteiger partial charge in [-0.3, -0.25) is 0 Å². The normalized spacial score (nSPS) is 10.3. The predicted molar refractivity (Wildman–Crippen MR) is 83.8 cm³/mol. The van der Waals surface area contributed by atoms with Gasteiger partial charge in [-0.25, -0.2) is 4.79 Å². The highest BCUT2D eigenvalue weighted by molar-refractivity contribution is 6.36. The second-order valence-corrected chi connectivity index (χ2v) is 5.17. The maximum Gasteiger partial charge on any atom is 0.343 e. The number of carbonyl (C=O) groups excluding carboxylic acids is 1. The number of hydrogen-bond acceptors (Lipinski definition) is 3. The molecule has 0 aliphatic rings. The van der Waals surface area contributed by atoms with Crippen LogP contribution in [0.5, 0.6) is 11.5 Å². The van der Waals surface area contributed by atoms with Gasteiger partial charge < -0.3 is 9.47 Å². The number of ether oxygens (including phenoxy) is 2. The first-order valence-electron chi connectivity index (χ1n) is 6.42. The number of esters is 1. The molecule has 0 unspecified atom stereocenters. The van der Waals surface area contributed by atoms with Gasteiger partial charge >= 0.3 is 5.97 Å². The van der Waals surface area contributed by atoms with E-state index in [4.69, 9.17) is 32.7 Å². The molecule has 0 N–H and O–H groups in total. The second kappa shape index (κ2) is 6.83. The van der Waals surface area contributed by atoms with Crippen LogP contribution in [-0.4, -0.2) is 12.6 Å². The Morgan fingerprint density at radius 3 is 2.14 bits per heavy atom. The van der Waals surface area contributed by atoms with E-state index in [1.54, 1.807) is 43.3 Å². The molecule has 3 nitrogen and oxygen atoms in total. The van der Waals surface area contributed by atoms with Crippen LogP contribution in [-0.2, 0) is 0 Å². The topological polar surface area (TPSA) is 35.5 Å². The number of rotatable bonds is 4. The van der Waals surface area contributed by atoms with Gasteiger partial charge in [-0.2, -0.15) is 0 Å².